The van der Waals surface area contributed by atoms with Gasteiger partial charge in [0.15, 0.2) is 11.5 Å². The second-order valence-corrected chi connectivity index (χ2v) is 7.44. The third kappa shape index (κ3) is 3.43. The highest BCUT2D eigenvalue weighted by Gasteiger charge is 2.21. The first kappa shape index (κ1) is 16.9. The number of hydrogen-bond acceptors (Lipinski definition) is 5. The summed E-state index contributed by atoms with van der Waals surface area (Å²) in [5.74, 6) is 1.21. The summed E-state index contributed by atoms with van der Waals surface area (Å²) in [7, 11) is -3.99. The minimum Gasteiger partial charge on any atom is -0.454 e. The fraction of sp³-hybridized carbons (Fsp3) is 0.133. The molecule has 2 aromatic carbocycles. The summed E-state index contributed by atoms with van der Waals surface area (Å²) in [6.45, 7) is 1.92. The number of nitrogens with zero attached hydrogens (tertiary/aromatic N) is 1. The molecule has 3 rings (SSSR count). The van der Waals surface area contributed by atoms with E-state index >= 15 is 0 Å². The molecule has 0 saturated heterocycles. The molecule has 6 nitrogen and oxygen atoms in total. The number of fused-ring (bicyclic) bond motifs is 1. The van der Waals surface area contributed by atoms with Crippen molar-refractivity contribution in [2.75, 3.05) is 6.79 Å². The zero-order chi connectivity index (χ0) is 17.3. The molecule has 0 aromatic heterocycles. The van der Waals surface area contributed by atoms with Gasteiger partial charge >= 0.3 is 0 Å². The molecule has 0 radical (unpaired) electrons. The van der Waals surface area contributed by atoms with Crippen LogP contribution in [-0.2, 0) is 10.0 Å². The van der Waals surface area contributed by atoms with Crippen LogP contribution in [0.1, 0.15) is 11.1 Å². The summed E-state index contributed by atoms with van der Waals surface area (Å²) in [4.78, 5) is 1.88. The Morgan fingerprint density at radius 2 is 1.79 bits per heavy atom. The lowest BCUT2D eigenvalue weighted by Gasteiger charge is -2.08. The van der Waals surface area contributed by atoms with Gasteiger partial charge in [0.25, 0.3) is 10.0 Å². The fourth-order valence-corrected chi connectivity index (χ4v) is 4.27. The Morgan fingerprint density at radius 1 is 1.12 bits per heavy atom. The highest BCUT2D eigenvalue weighted by Crippen LogP contribution is 2.32. The van der Waals surface area contributed by atoms with E-state index in [9.17, 15) is 8.42 Å². The minimum absolute atomic E-state index is 0.0331. The normalized spacial score (nSPS) is 13.5. The molecule has 1 N–H and O–H groups in total. The molecule has 1 aliphatic heterocycles. The van der Waals surface area contributed by atoms with Gasteiger partial charge in [-0.1, -0.05) is 23.2 Å². The van der Waals surface area contributed by atoms with Crippen LogP contribution >= 0.6 is 23.2 Å². The summed E-state index contributed by atoms with van der Waals surface area (Å²) < 4.78 is 35.1. The average molecular weight is 387 g/mol. The third-order valence-electron chi connectivity index (χ3n) is 3.19. The molecular formula is C15H12Cl2N2O4S. The molecular weight excluding hydrogens is 375 g/mol. The van der Waals surface area contributed by atoms with E-state index in [0.717, 1.165) is 5.56 Å². The minimum atomic E-state index is -3.99. The molecule has 126 valence electrons. The van der Waals surface area contributed by atoms with Crippen LogP contribution < -0.4 is 14.3 Å². The summed E-state index contributed by atoms with van der Waals surface area (Å²) in [6, 6.07) is 8.15. The van der Waals surface area contributed by atoms with Crippen LogP contribution in [-0.4, -0.2) is 21.4 Å². The number of aryl methyl sites for hydroxylation is 1. The number of halogens is 2. The Kier molecular flexibility index (Phi) is 4.58. The van der Waals surface area contributed by atoms with Gasteiger partial charge in [-0.25, -0.2) is 0 Å². The zero-order valence-electron chi connectivity index (χ0n) is 12.4. The van der Waals surface area contributed by atoms with Gasteiger partial charge in [-0.05, 0) is 48.4 Å². The van der Waals surface area contributed by atoms with Gasteiger partial charge in [0.05, 0.1) is 16.3 Å². The van der Waals surface area contributed by atoms with E-state index in [2.05, 4.69) is 9.93 Å². The maximum absolute atomic E-state index is 12.3. The van der Waals surface area contributed by atoms with Crippen LogP contribution in [0.5, 0.6) is 11.5 Å². The van der Waals surface area contributed by atoms with Crippen molar-refractivity contribution in [3.63, 3.8) is 0 Å². The van der Waals surface area contributed by atoms with Gasteiger partial charge in [-0.15, -0.1) is 0 Å². The number of hydrogen-bond donors (Lipinski definition) is 1. The molecule has 0 amide bonds. The predicted molar refractivity (Wildman–Crippen MR) is 91.7 cm³/mol. The van der Waals surface area contributed by atoms with Crippen molar-refractivity contribution in [2.45, 2.75) is 11.8 Å². The van der Waals surface area contributed by atoms with Crippen LogP contribution in [0.25, 0.3) is 0 Å². The molecule has 0 fully saturated rings. The van der Waals surface area contributed by atoms with Crippen molar-refractivity contribution in [1.82, 2.24) is 4.83 Å². The van der Waals surface area contributed by atoms with Crippen molar-refractivity contribution in [3.8, 4) is 11.5 Å². The third-order valence-corrected chi connectivity index (χ3v) is 5.34. The topological polar surface area (TPSA) is 77.0 Å². The van der Waals surface area contributed by atoms with Crippen LogP contribution in [0.15, 0.2) is 40.3 Å². The number of ether oxygens (including phenoxy) is 2. The second-order valence-electron chi connectivity index (χ2n) is 5.02. The molecule has 0 atom stereocenters. The number of sulfonamides is 1. The Bertz CT molecular complexity index is 906. The van der Waals surface area contributed by atoms with Crippen LogP contribution in [0.2, 0.25) is 10.0 Å². The van der Waals surface area contributed by atoms with E-state index in [-0.39, 0.29) is 21.7 Å². The molecule has 0 aliphatic carbocycles. The van der Waals surface area contributed by atoms with Crippen molar-refractivity contribution in [3.05, 3.63) is 51.5 Å². The number of benzene rings is 2. The van der Waals surface area contributed by atoms with E-state index in [0.29, 0.717) is 17.1 Å². The van der Waals surface area contributed by atoms with Crippen molar-refractivity contribution < 1.29 is 17.9 Å². The van der Waals surface area contributed by atoms with E-state index in [1.807, 2.05) is 0 Å². The van der Waals surface area contributed by atoms with Crippen molar-refractivity contribution >= 4 is 39.4 Å². The number of nitrogens with one attached hydrogen (secondary N) is 1. The van der Waals surface area contributed by atoms with E-state index in [4.69, 9.17) is 32.7 Å². The lowest BCUT2D eigenvalue weighted by atomic mass is 10.2. The molecule has 1 aliphatic rings. The summed E-state index contributed by atoms with van der Waals surface area (Å²) in [5, 5.41) is 3.81. The molecule has 0 bridgehead atoms. The molecule has 0 spiro atoms. The van der Waals surface area contributed by atoms with Crippen LogP contribution in [0.4, 0.5) is 0 Å². The Morgan fingerprint density at radius 3 is 2.50 bits per heavy atom. The van der Waals surface area contributed by atoms with Gasteiger partial charge in [-0.2, -0.15) is 18.4 Å². The molecule has 2 aromatic rings. The van der Waals surface area contributed by atoms with Crippen LogP contribution in [0.3, 0.4) is 0 Å². The highest BCUT2D eigenvalue weighted by atomic mass is 35.5. The summed E-state index contributed by atoms with van der Waals surface area (Å²) in [6.07, 6.45) is 1.34. The molecule has 24 heavy (non-hydrogen) atoms. The first-order valence-corrected chi connectivity index (χ1v) is 9.01. The smallest absolute Gasteiger partial charge is 0.279 e. The standard InChI is InChI=1S/C15H12Cl2N2O4S/c1-9-4-11(16)15(12(17)5-9)24(20,21)19-18-7-10-2-3-13-14(6-10)23-8-22-13/h2-7,19H,8H2,1H3/b18-7-. The highest BCUT2D eigenvalue weighted by molar-refractivity contribution is 7.89. The monoisotopic (exact) mass is 386 g/mol. The maximum atomic E-state index is 12.3. The Labute approximate surface area is 149 Å². The van der Waals surface area contributed by atoms with Gasteiger partial charge < -0.3 is 9.47 Å². The zero-order valence-corrected chi connectivity index (χ0v) is 14.7. The Balaban J connectivity index is 1.81. The number of hydrazone groups is 1. The van der Waals surface area contributed by atoms with Crippen LogP contribution in [0, 0.1) is 6.92 Å². The largest absolute Gasteiger partial charge is 0.454 e. The molecule has 9 heteroatoms. The predicted octanol–water partition coefficient (Wildman–Crippen LogP) is 3.34. The fourth-order valence-electron chi connectivity index (χ4n) is 2.15. The van der Waals surface area contributed by atoms with Crippen molar-refractivity contribution in [1.29, 1.82) is 0 Å². The van der Waals surface area contributed by atoms with Gasteiger partial charge in [-0.3, -0.25) is 0 Å². The quantitative estimate of drug-likeness (QED) is 0.645. The van der Waals surface area contributed by atoms with E-state index in [1.54, 1.807) is 25.1 Å². The second kappa shape index (κ2) is 6.51. The van der Waals surface area contributed by atoms with E-state index in [1.165, 1.54) is 18.3 Å². The van der Waals surface area contributed by atoms with Crippen molar-refractivity contribution in [2.24, 2.45) is 5.10 Å². The first-order valence-electron chi connectivity index (χ1n) is 6.77. The average Bonchev–Trinajstić information content (AvgIpc) is 2.93. The first-order chi connectivity index (χ1) is 11.4. The van der Waals surface area contributed by atoms with Gasteiger partial charge in [0.2, 0.25) is 6.79 Å². The lowest BCUT2D eigenvalue weighted by molar-refractivity contribution is 0.174. The summed E-state index contributed by atoms with van der Waals surface area (Å²) >= 11 is 12.0. The number of rotatable bonds is 4. The van der Waals surface area contributed by atoms with Gasteiger partial charge in [0.1, 0.15) is 4.90 Å². The van der Waals surface area contributed by atoms with Gasteiger partial charge in [0, 0.05) is 0 Å². The van der Waals surface area contributed by atoms with E-state index < -0.39 is 10.0 Å². The molecule has 0 unspecified atom stereocenters. The molecule has 1 heterocycles. The maximum Gasteiger partial charge on any atom is 0.279 e. The summed E-state index contributed by atoms with van der Waals surface area (Å²) in [5.41, 5.74) is 1.40. The lowest BCUT2D eigenvalue weighted by Crippen LogP contribution is -2.19. The SMILES string of the molecule is Cc1cc(Cl)c(S(=O)(=O)N/N=C\c2ccc3c(c2)OCO3)c(Cl)c1. The molecule has 0 saturated carbocycles. The Hall–Kier alpha value is -1.96.